The van der Waals surface area contributed by atoms with Crippen LogP contribution in [-0.2, 0) is 10.9 Å². The fourth-order valence-corrected chi connectivity index (χ4v) is 6.00. The topological polar surface area (TPSA) is 29.5 Å². The second-order valence-corrected chi connectivity index (χ2v) is 9.15. The van der Waals surface area contributed by atoms with Gasteiger partial charge in [-0.2, -0.15) is 13.2 Å². The van der Waals surface area contributed by atoms with E-state index in [0.717, 1.165) is 24.6 Å². The molecule has 0 N–H and O–H groups in total. The van der Waals surface area contributed by atoms with E-state index in [1.165, 1.54) is 12.1 Å². The van der Waals surface area contributed by atoms with Gasteiger partial charge in [-0.1, -0.05) is 40.6 Å². The average molecular weight is 489 g/mol. The van der Waals surface area contributed by atoms with E-state index in [2.05, 4.69) is 0 Å². The van der Waals surface area contributed by atoms with Crippen molar-refractivity contribution in [2.75, 3.05) is 11.5 Å². The predicted molar refractivity (Wildman–Crippen MR) is 109 cm³/mol. The number of fused-ring (bicyclic) bond motifs is 1. The van der Waals surface area contributed by atoms with Crippen molar-refractivity contribution in [3.05, 3.63) is 57.2 Å². The van der Waals surface area contributed by atoms with Crippen LogP contribution in [0.3, 0.4) is 0 Å². The quantitative estimate of drug-likeness (QED) is 0.392. The Labute approximate surface area is 165 Å². The summed E-state index contributed by atoms with van der Waals surface area (Å²) in [5.74, 6) is -0.224. The lowest BCUT2D eigenvalue weighted by Gasteiger charge is -2.26. The minimum Gasteiger partial charge on any atom is -0.462 e. The van der Waals surface area contributed by atoms with E-state index in [1.54, 1.807) is 25.1 Å². The van der Waals surface area contributed by atoms with Gasteiger partial charge in [0.05, 0.1) is 27.1 Å². The predicted octanol–water partition coefficient (Wildman–Crippen LogP) is 5.96. The van der Waals surface area contributed by atoms with Crippen molar-refractivity contribution in [3.63, 3.8) is 0 Å². The maximum Gasteiger partial charge on any atom is 0.416 e. The third-order valence-corrected chi connectivity index (χ3v) is 7.75. The van der Waals surface area contributed by atoms with Crippen LogP contribution in [0.5, 0.6) is 0 Å². The molecule has 0 fully saturated rings. The fraction of sp³-hybridized carbons (Fsp3) is 0.300. The van der Waals surface area contributed by atoms with Crippen molar-refractivity contribution in [1.82, 2.24) is 0 Å². The molecule has 0 amide bonds. The van der Waals surface area contributed by atoms with Gasteiger partial charge in [-0.3, -0.25) is 0 Å². The maximum atomic E-state index is 13.1. The molecule has 1 heterocycles. The highest BCUT2D eigenvalue weighted by Gasteiger charge is 2.34. The normalized spacial score (nSPS) is 13.9. The first-order chi connectivity index (χ1) is 12.7. The molecule has 0 bridgehead atoms. The molecule has 144 valence electrons. The molecule has 0 saturated carbocycles. The first-order valence-electron chi connectivity index (χ1n) is 8.52. The molecule has 0 atom stereocenters. The van der Waals surface area contributed by atoms with Crippen LogP contribution >= 0.6 is 20.7 Å². The molecule has 0 aliphatic carbocycles. The summed E-state index contributed by atoms with van der Waals surface area (Å²) in [6.07, 6.45) is -4.35. The lowest BCUT2D eigenvalue weighted by molar-refractivity contribution is -0.137. The fourth-order valence-electron chi connectivity index (χ4n) is 2.82. The summed E-state index contributed by atoms with van der Waals surface area (Å²) in [5, 5.41) is 0. The number of rotatable bonds is 4. The summed E-state index contributed by atoms with van der Waals surface area (Å²) in [7, 11) is 0. The van der Waals surface area contributed by atoms with Crippen molar-refractivity contribution in [1.29, 1.82) is 0 Å². The van der Waals surface area contributed by atoms with Crippen LogP contribution in [0.2, 0.25) is 0 Å². The second-order valence-electron chi connectivity index (χ2n) is 6.34. The number of anilines is 2. The molecule has 2 aromatic carbocycles. The summed E-state index contributed by atoms with van der Waals surface area (Å²) in [6, 6.07) is 11.0. The number of hydrogen-bond acceptors (Lipinski definition) is 3. The van der Waals surface area contributed by atoms with Crippen LogP contribution in [0.15, 0.2) is 42.5 Å². The van der Waals surface area contributed by atoms with Gasteiger partial charge in [0.25, 0.3) is 0 Å². The number of benzene rings is 2. The van der Waals surface area contributed by atoms with Gasteiger partial charge in [0.15, 0.2) is 0 Å². The Hall–Kier alpha value is -1.90. The van der Waals surface area contributed by atoms with Gasteiger partial charge in [0.1, 0.15) is 0 Å². The molecule has 1 aliphatic heterocycles. The van der Waals surface area contributed by atoms with Crippen LogP contribution in [-0.4, -0.2) is 16.2 Å². The smallest absolute Gasteiger partial charge is 0.416 e. The van der Waals surface area contributed by atoms with E-state index in [-0.39, 0.29) is 12.5 Å². The molecule has 0 saturated heterocycles. The number of halogens is 4. The molecule has 3 rings (SSSR count). The lowest BCUT2D eigenvalue weighted by Crippen LogP contribution is -2.26. The highest BCUT2D eigenvalue weighted by atomic mass is 127. The lowest BCUT2D eigenvalue weighted by atomic mass is 10.1. The van der Waals surface area contributed by atoms with Gasteiger partial charge in [0, 0.05) is 9.26 Å². The Kier molecular flexibility index (Phi) is 5.60. The summed E-state index contributed by atoms with van der Waals surface area (Å²) in [6.45, 7) is 6.10. The maximum absolute atomic E-state index is 13.1. The Morgan fingerprint density at radius 3 is 2.56 bits per heavy atom. The van der Waals surface area contributed by atoms with E-state index in [4.69, 9.17) is 4.74 Å². The Morgan fingerprint density at radius 1 is 1.19 bits per heavy atom. The number of ether oxygens (including phenoxy) is 1. The zero-order chi connectivity index (χ0) is 19.8. The first-order valence-corrected chi connectivity index (χ1v) is 10.7. The van der Waals surface area contributed by atoms with Gasteiger partial charge in [0.2, 0.25) is 0 Å². The van der Waals surface area contributed by atoms with E-state index in [0.29, 0.717) is 5.56 Å². The monoisotopic (exact) mass is 489 g/mol. The van der Waals surface area contributed by atoms with Crippen molar-refractivity contribution in [3.8, 4) is 0 Å². The molecule has 0 radical (unpaired) electrons. The zero-order valence-electron chi connectivity index (χ0n) is 15.1. The number of esters is 1. The second kappa shape index (κ2) is 7.61. The standard InChI is InChI=1S/C20H19F3INO2/c1-4-27-19(26)13-6-5-7-15(10-13)25-17-9-8-14(20(21,22)23)11-16(17)24-18(25)12(2)3/h5-12H,4H2,1-3H3. The number of hydrogen-bond donors (Lipinski definition) is 0. The zero-order valence-corrected chi connectivity index (χ0v) is 17.3. The molecule has 0 spiro atoms. The van der Waals surface area contributed by atoms with Gasteiger partial charge in [-0.05, 0) is 49.2 Å². The summed E-state index contributed by atoms with van der Waals surface area (Å²) in [5.41, 5.74) is 1.34. The highest BCUT2D eigenvalue weighted by Crippen LogP contribution is 2.44. The minimum atomic E-state index is -4.35. The first kappa shape index (κ1) is 19.9. The van der Waals surface area contributed by atoms with Crippen LogP contribution in [0.4, 0.5) is 24.5 Å². The molecular weight excluding hydrogens is 470 g/mol. The van der Waals surface area contributed by atoms with Crippen molar-refractivity contribution >= 4 is 41.7 Å². The van der Waals surface area contributed by atoms with E-state index in [9.17, 15) is 18.0 Å². The molecule has 7 heteroatoms. The highest BCUT2D eigenvalue weighted by molar-refractivity contribution is 14.2. The Morgan fingerprint density at radius 2 is 1.93 bits per heavy atom. The molecule has 0 aromatic heterocycles. The van der Waals surface area contributed by atoms with Crippen molar-refractivity contribution in [2.45, 2.75) is 26.9 Å². The Bertz CT molecular complexity index is 906. The van der Waals surface area contributed by atoms with Gasteiger partial charge >= 0.3 is 12.1 Å². The van der Waals surface area contributed by atoms with Crippen molar-refractivity contribution in [2.24, 2.45) is 5.92 Å². The SMILES string of the molecule is CCOC(=O)c1cccc(N2C(C(C)C)=Ic3cc(C(F)(F)F)ccc32)c1. The average Bonchev–Trinajstić information content (AvgIpc) is 3.00. The van der Waals surface area contributed by atoms with Gasteiger partial charge in [-0.15, -0.1) is 0 Å². The summed E-state index contributed by atoms with van der Waals surface area (Å²) >= 11 is -0.721. The minimum absolute atomic E-state index is 0.186. The number of alkyl halides is 3. The van der Waals surface area contributed by atoms with E-state index < -0.39 is 38.4 Å². The van der Waals surface area contributed by atoms with Crippen LogP contribution in [0, 0.1) is 9.49 Å². The number of nitrogens with zero attached hydrogens (tertiary/aromatic N) is 1. The summed E-state index contributed by atoms with van der Waals surface area (Å²) < 4.78 is 46.2. The molecule has 27 heavy (non-hydrogen) atoms. The molecular formula is C20H19F3INO2. The summed E-state index contributed by atoms with van der Waals surface area (Å²) in [4.78, 5) is 14.1. The molecule has 2 aromatic rings. The number of carbonyl (C=O) groups is 1. The van der Waals surface area contributed by atoms with E-state index in [1.807, 2.05) is 24.8 Å². The van der Waals surface area contributed by atoms with Crippen LogP contribution in [0.1, 0.15) is 36.7 Å². The third kappa shape index (κ3) is 4.02. The number of carbonyl (C=O) groups excluding carboxylic acids is 1. The van der Waals surface area contributed by atoms with Crippen LogP contribution < -0.4 is 4.90 Å². The Balaban J connectivity index is 2.07. The third-order valence-electron chi connectivity index (χ3n) is 4.02. The largest absolute Gasteiger partial charge is 0.462 e. The molecule has 1 aliphatic rings. The van der Waals surface area contributed by atoms with Gasteiger partial charge in [-0.25, -0.2) is 4.79 Å². The van der Waals surface area contributed by atoms with Crippen molar-refractivity contribution < 1.29 is 22.7 Å². The van der Waals surface area contributed by atoms with E-state index >= 15 is 0 Å². The molecule has 0 unspecified atom stereocenters. The van der Waals surface area contributed by atoms with Crippen LogP contribution in [0.25, 0.3) is 0 Å². The molecule has 3 nitrogen and oxygen atoms in total. The van der Waals surface area contributed by atoms with Gasteiger partial charge < -0.3 is 9.64 Å².